The molecule has 0 radical (unpaired) electrons. The van der Waals surface area contributed by atoms with Crippen LogP contribution in [0.5, 0.6) is 5.75 Å². The van der Waals surface area contributed by atoms with Gasteiger partial charge in [-0.15, -0.1) is 0 Å². The van der Waals surface area contributed by atoms with Crippen LogP contribution >= 0.6 is 0 Å². The highest BCUT2D eigenvalue weighted by atomic mass is 16.6. The zero-order valence-corrected chi connectivity index (χ0v) is 16.7. The summed E-state index contributed by atoms with van der Waals surface area (Å²) in [4.78, 5) is 22.8. The van der Waals surface area contributed by atoms with Gasteiger partial charge in [0, 0.05) is 48.0 Å². The minimum Gasteiger partial charge on any atom is -0.410 e. The van der Waals surface area contributed by atoms with Crippen molar-refractivity contribution in [3.8, 4) is 17.1 Å². The number of rotatable bonds is 5. The number of hydrogen-bond acceptors (Lipinski definition) is 8. The summed E-state index contributed by atoms with van der Waals surface area (Å²) in [6.07, 6.45) is 2.45. The zero-order chi connectivity index (χ0) is 21.6. The van der Waals surface area contributed by atoms with E-state index < -0.39 is 6.09 Å². The molecule has 1 aromatic heterocycles. The second-order valence-electron chi connectivity index (χ2n) is 6.87. The van der Waals surface area contributed by atoms with Crippen LogP contribution in [0.2, 0.25) is 0 Å². The van der Waals surface area contributed by atoms with Gasteiger partial charge in [0.1, 0.15) is 11.6 Å². The largest absolute Gasteiger partial charge is 0.415 e. The molecule has 2 aromatic carbocycles. The normalized spacial score (nSPS) is 13.5. The van der Waals surface area contributed by atoms with Crippen molar-refractivity contribution in [2.75, 3.05) is 37.4 Å². The molecule has 3 aromatic rings. The van der Waals surface area contributed by atoms with Gasteiger partial charge in [0.05, 0.1) is 13.2 Å². The van der Waals surface area contributed by atoms with Crippen molar-refractivity contribution in [1.82, 2.24) is 14.9 Å². The van der Waals surface area contributed by atoms with Crippen molar-refractivity contribution in [2.45, 2.75) is 0 Å². The third-order valence-electron chi connectivity index (χ3n) is 4.74. The summed E-state index contributed by atoms with van der Waals surface area (Å²) in [5, 5.41) is 10.6. The van der Waals surface area contributed by atoms with Gasteiger partial charge in [-0.1, -0.05) is 12.1 Å². The summed E-state index contributed by atoms with van der Waals surface area (Å²) in [5.41, 5.74) is 8.47. The second-order valence-corrected chi connectivity index (χ2v) is 6.87. The Bertz CT molecular complexity index is 1100. The van der Waals surface area contributed by atoms with Gasteiger partial charge in [-0.05, 0) is 36.4 Å². The minimum atomic E-state index is -0.401. The van der Waals surface area contributed by atoms with Crippen LogP contribution < -0.4 is 15.8 Å². The van der Waals surface area contributed by atoms with Crippen LogP contribution in [0, 0.1) is 5.41 Å². The lowest BCUT2D eigenvalue weighted by Crippen LogP contribution is -2.42. The number of benzene rings is 2. The van der Waals surface area contributed by atoms with E-state index in [9.17, 15) is 4.79 Å². The van der Waals surface area contributed by atoms with E-state index >= 15 is 0 Å². The summed E-state index contributed by atoms with van der Waals surface area (Å²) in [7, 11) is 0. The first-order valence-corrected chi connectivity index (χ1v) is 9.77. The molecule has 31 heavy (non-hydrogen) atoms. The van der Waals surface area contributed by atoms with Crippen molar-refractivity contribution >= 4 is 29.5 Å². The molecular weight excluding hydrogens is 396 g/mol. The quantitative estimate of drug-likeness (QED) is 0.429. The SMILES string of the molecule is N=Cc1cc(Nc2ccnc(-c3cccc(OC(=O)N4CCOCC4)c3)n2)ccc1N. The van der Waals surface area contributed by atoms with E-state index in [1.807, 2.05) is 12.1 Å². The molecule has 2 heterocycles. The zero-order valence-electron chi connectivity index (χ0n) is 16.7. The van der Waals surface area contributed by atoms with Crippen molar-refractivity contribution in [3.63, 3.8) is 0 Å². The van der Waals surface area contributed by atoms with Gasteiger partial charge in [0.15, 0.2) is 5.82 Å². The Morgan fingerprint density at radius 2 is 2.03 bits per heavy atom. The van der Waals surface area contributed by atoms with E-state index in [1.165, 1.54) is 6.21 Å². The number of amides is 1. The topological polar surface area (TPSA) is 126 Å². The molecule has 9 nitrogen and oxygen atoms in total. The Balaban J connectivity index is 1.50. The van der Waals surface area contributed by atoms with E-state index in [0.29, 0.717) is 60.5 Å². The van der Waals surface area contributed by atoms with Crippen molar-refractivity contribution in [1.29, 1.82) is 5.41 Å². The van der Waals surface area contributed by atoms with Crippen molar-refractivity contribution in [2.24, 2.45) is 0 Å². The molecule has 158 valence electrons. The number of nitrogens with two attached hydrogens (primary N) is 1. The average molecular weight is 418 g/mol. The van der Waals surface area contributed by atoms with Crippen LogP contribution in [0.25, 0.3) is 11.4 Å². The van der Waals surface area contributed by atoms with Crippen LogP contribution in [0.15, 0.2) is 54.7 Å². The maximum Gasteiger partial charge on any atom is 0.415 e. The van der Waals surface area contributed by atoms with Crippen molar-refractivity contribution in [3.05, 3.63) is 60.3 Å². The molecule has 0 bridgehead atoms. The first-order chi connectivity index (χ1) is 15.1. The van der Waals surface area contributed by atoms with Gasteiger partial charge in [-0.3, -0.25) is 0 Å². The van der Waals surface area contributed by atoms with E-state index in [4.69, 9.17) is 20.6 Å². The van der Waals surface area contributed by atoms with Gasteiger partial charge in [0.25, 0.3) is 0 Å². The number of nitrogens with zero attached hydrogens (tertiary/aromatic N) is 3. The molecule has 0 aliphatic carbocycles. The van der Waals surface area contributed by atoms with Gasteiger partial charge in [-0.2, -0.15) is 0 Å². The standard InChI is InChI=1S/C22H22N6O3/c23-14-16-12-17(4-5-19(16)24)26-20-6-7-25-21(27-20)15-2-1-3-18(13-15)31-22(29)28-8-10-30-11-9-28/h1-7,12-14,23H,8-11,24H2,(H,25,26,27). The molecule has 1 aliphatic rings. The molecular formula is C22H22N6O3. The molecule has 0 unspecified atom stereocenters. The van der Waals surface area contributed by atoms with Crippen LogP contribution in [0.3, 0.4) is 0 Å². The van der Waals surface area contributed by atoms with E-state index in [1.54, 1.807) is 47.5 Å². The third-order valence-corrected chi connectivity index (χ3v) is 4.74. The first-order valence-electron chi connectivity index (χ1n) is 9.77. The van der Waals surface area contributed by atoms with Crippen molar-refractivity contribution < 1.29 is 14.3 Å². The van der Waals surface area contributed by atoms with Crippen LogP contribution in [0.4, 0.5) is 22.0 Å². The fourth-order valence-electron chi connectivity index (χ4n) is 3.10. The fraction of sp³-hybridized carbons (Fsp3) is 0.182. The smallest absolute Gasteiger partial charge is 0.410 e. The average Bonchev–Trinajstić information content (AvgIpc) is 2.81. The predicted molar refractivity (Wildman–Crippen MR) is 118 cm³/mol. The third kappa shape index (κ3) is 4.96. The van der Waals surface area contributed by atoms with Crippen LogP contribution in [-0.4, -0.2) is 53.5 Å². The lowest BCUT2D eigenvalue weighted by Gasteiger charge is -2.25. The number of hydrogen-bond donors (Lipinski definition) is 3. The molecule has 1 fully saturated rings. The summed E-state index contributed by atoms with van der Waals surface area (Å²) in [5.74, 6) is 1.49. The summed E-state index contributed by atoms with van der Waals surface area (Å²) >= 11 is 0. The highest BCUT2D eigenvalue weighted by Crippen LogP contribution is 2.24. The van der Waals surface area contributed by atoms with Gasteiger partial charge < -0.3 is 30.8 Å². The van der Waals surface area contributed by atoms with Gasteiger partial charge in [0.2, 0.25) is 0 Å². The summed E-state index contributed by atoms with van der Waals surface area (Å²) in [6.45, 7) is 2.05. The molecule has 1 saturated heterocycles. The monoisotopic (exact) mass is 418 g/mol. The lowest BCUT2D eigenvalue weighted by molar-refractivity contribution is 0.0416. The lowest BCUT2D eigenvalue weighted by atomic mass is 10.1. The number of ether oxygens (including phenoxy) is 2. The van der Waals surface area contributed by atoms with E-state index in [-0.39, 0.29) is 0 Å². The summed E-state index contributed by atoms with van der Waals surface area (Å²) in [6, 6.07) is 14.2. The highest BCUT2D eigenvalue weighted by Gasteiger charge is 2.19. The molecule has 9 heteroatoms. The maximum absolute atomic E-state index is 12.3. The molecule has 4 rings (SSSR count). The highest BCUT2D eigenvalue weighted by molar-refractivity contribution is 5.87. The first kappa shape index (κ1) is 20.3. The molecule has 1 amide bonds. The molecule has 0 atom stereocenters. The molecule has 0 saturated carbocycles. The number of carbonyl (C=O) groups is 1. The predicted octanol–water partition coefficient (Wildman–Crippen LogP) is 3.30. The van der Waals surface area contributed by atoms with Crippen LogP contribution in [0.1, 0.15) is 5.56 Å². The number of nitrogens with one attached hydrogen (secondary N) is 2. The second kappa shape index (κ2) is 9.23. The molecule has 0 spiro atoms. The number of anilines is 3. The molecule has 1 aliphatic heterocycles. The Hall–Kier alpha value is -3.98. The number of morpholine rings is 1. The Labute approximate surface area is 179 Å². The Kier molecular flexibility index (Phi) is 6.04. The minimum absolute atomic E-state index is 0.401. The van der Waals surface area contributed by atoms with Crippen LogP contribution in [-0.2, 0) is 4.74 Å². The number of aromatic nitrogens is 2. The Morgan fingerprint density at radius 3 is 2.84 bits per heavy atom. The van der Waals surface area contributed by atoms with E-state index in [2.05, 4.69) is 15.3 Å². The fourth-order valence-corrected chi connectivity index (χ4v) is 3.10. The summed E-state index contributed by atoms with van der Waals surface area (Å²) < 4.78 is 10.8. The number of nitrogen functional groups attached to an aromatic ring is 1. The van der Waals surface area contributed by atoms with Gasteiger partial charge in [-0.25, -0.2) is 14.8 Å². The number of carbonyl (C=O) groups excluding carboxylic acids is 1. The van der Waals surface area contributed by atoms with E-state index in [0.717, 1.165) is 5.69 Å². The molecule has 4 N–H and O–H groups in total. The van der Waals surface area contributed by atoms with Gasteiger partial charge >= 0.3 is 6.09 Å². The Morgan fingerprint density at radius 1 is 1.19 bits per heavy atom. The maximum atomic E-state index is 12.3.